The zero-order valence-corrected chi connectivity index (χ0v) is 13.3. The Bertz CT molecular complexity index is 668. The molecule has 2 rings (SSSR count). The smallest absolute Gasteiger partial charge is 0.242 e. The quantitative estimate of drug-likeness (QED) is 0.840. The van der Waals surface area contributed by atoms with Crippen molar-refractivity contribution in [3.05, 3.63) is 23.8 Å². The Morgan fingerprint density at radius 3 is 2.67 bits per heavy atom. The van der Waals surface area contributed by atoms with Gasteiger partial charge in [-0.2, -0.15) is 0 Å². The first-order chi connectivity index (χ1) is 9.65. The first-order valence-corrected chi connectivity index (χ1v) is 8.19. The SMILES string of the molecule is CN(CC(C)(C)CN)S(=O)(=O)c1ccc2c(c1)CC(=O)N2. The van der Waals surface area contributed by atoms with Gasteiger partial charge in [0.05, 0.1) is 11.3 Å². The number of nitrogens with two attached hydrogens (primary N) is 1. The molecule has 0 atom stereocenters. The molecule has 21 heavy (non-hydrogen) atoms. The predicted octanol–water partition coefficient (Wildman–Crippen LogP) is 0.787. The number of carbonyl (C=O) groups is 1. The summed E-state index contributed by atoms with van der Waals surface area (Å²) in [6, 6.07) is 4.72. The van der Waals surface area contributed by atoms with Gasteiger partial charge in [0.15, 0.2) is 0 Å². The van der Waals surface area contributed by atoms with Crippen LogP contribution in [0, 0.1) is 5.41 Å². The summed E-state index contributed by atoms with van der Waals surface area (Å²) in [5, 5.41) is 2.69. The van der Waals surface area contributed by atoms with Gasteiger partial charge in [-0.05, 0) is 35.7 Å². The molecule has 0 unspecified atom stereocenters. The van der Waals surface area contributed by atoms with Crippen molar-refractivity contribution in [1.82, 2.24) is 4.31 Å². The van der Waals surface area contributed by atoms with Gasteiger partial charge in [-0.15, -0.1) is 0 Å². The van der Waals surface area contributed by atoms with E-state index in [1.165, 1.54) is 10.4 Å². The Morgan fingerprint density at radius 1 is 1.38 bits per heavy atom. The van der Waals surface area contributed by atoms with E-state index < -0.39 is 10.0 Å². The molecule has 1 aliphatic heterocycles. The highest BCUT2D eigenvalue weighted by Gasteiger charge is 2.28. The lowest BCUT2D eigenvalue weighted by Gasteiger charge is -2.28. The zero-order chi connectivity index (χ0) is 15.8. The molecule has 6 nitrogen and oxygen atoms in total. The molecule has 0 aromatic heterocycles. The number of sulfonamides is 1. The summed E-state index contributed by atoms with van der Waals surface area (Å²) in [5.41, 5.74) is 6.76. The lowest BCUT2D eigenvalue weighted by molar-refractivity contribution is -0.115. The second kappa shape index (κ2) is 5.40. The van der Waals surface area contributed by atoms with Gasteiger partial charge in [0.2, 0.25) is 15.9 Å². The van der Waals surface area contributed by atoms with Crippen LogP contribution in [0.2, 0.25) is 0 Å². The first-order valence-electron chi connectivity index (χ1n) is 6.75. The fourth-order valence-corrected chi connectivity index (χ4v) is 3.71. The standard InChI is InChI=1S/C14H21N3O3S/c1-14(2,8-15)9-17(3)21(19,20)11-4-5-12-10(6-11)7-13(18)16-12/h4-6H,7-9,15H2,1-3H3,(H,16,18). The molecule has 1 heterocycles. The number of amides is 1. The van der Waals surface area contributed by atoms with Crippen molar-refractivity contribution in [2.45, 2.75) is 25.2 Å². The molecule has 1 amide bonds. The Labute approximate surface area is 125 Å². The summed E-state index contributed by atoms with van der Waals surface area (Å²) >= 11 is 0. The molecule has 0 saturated carbocycles. The maximum Gasteiger partial charge on any atom is 0.242 e. The zero-order valence-electron chi connectivity index (χ0n) is 12.5. The largest absolute Gasteiger partial charge is 0.330 e. The first kappa shape index (κ1) is 15.9. The van der Waals surface area contributed by atoms with E-state index in [1.54, 1.807) is 19.2 Å². The minimum absolute atomic E-state index is 0.114. The Balaban J connectivity index is 2.28. The van der Waals surface area contributed by atoms with Crippen molar-refractivity contribution in [2.24, 2.45) is 11.1 Å². The second-order valence-corrected chi connectivity index (χ2v) is 8.22. The van der Waals surface area contributed by atoms with Crippen molar-refractivity contribution < 1.29 is 13.2 Å². The Morgan fingerprint density at radius 2 is 2.05 bits per heavy atom. The van der Waals surface area contributed by atoms with E-state index in [2.05, 4.69) is 5.32 Å². The highest BCUT2D eigenvalue weighted by Crippen LogP contribution is 2.28. The van der Waals surface area contributed by atoms with Gasteiger partial charge in [0.1, 0.15) is 0 Å². The van der Waals surface area contributed by atoms with Crippen LogP contribution in [-0.4, -0.2) is 38.8 Å². The fraction of sp³-hybridized carbons (Fsp3) is 0.500. The van der Waals surface area contributed by atoms with Gasteiger partial charge in [-0.1, -0.05) is 13.8 Å². The highest BCUT2D eigenvalue weighted by atomic mass is 32.2. The number of nitrogens with one attached hydrogen (secondary N) is 1. The van der Waals surface area contributed by atoms with Crippen LogP contribution in [0.25, 0.3) is 0 Å². The van der Waals surface area contributed by atoms with E-state index in [0.717, 1.165) is 0 Å². The van der Waals surface area contributed by atoms with Crippen LogP contribution in [0.5, 0.6) is 0 Å². The summed E-state index contributed by atoms with van der Waals surface area (Å²) in [6.45, 7) is 4.57. The Kier molecular flexibility index (Phi) is 4.10. The molecular formula is C14H21N3O3S. The van der Waals surface area contributed by atoms with E-state index in [1.807, 2.05) is 13.8 Å². The van der Waals surface area contributed by atoms with Gasteiger partial charge in [0.25, 0.3) is 0 Å². The molecule has 0 bridgehead atoms. The predicted molar refractivity (Wildman–Crippen MR) is 81.4 cm³/mol. The van der Waals surface area contributed by atoms with Crippen molar-refractivity contribution in [2.75, 3.05) is 25.5 Å². The van der Waals surface area contributed by atoms with Crippen LogP contribution in [0.3, 0.4) is 0 Å². The highest BCUT2D eigenvalue weighted by molar-refractivity contribution is 7.89. The molecule has 0 saturated heterocycles. The molecule has 1 aliphatic rings. The summed E-state index contributed by atoms with van der Waals surface area (Å²) in [5.74, 6) is -0.114. The number of hydrogen-bond acceptors (Lipinski definition) is 4. The van der Waals surface area contributed by atoms with Gasteiger partial charge in [0, 0.05) is 19.3 Å². The summed E-state index contributed by atoms with van der Waals surface area (Å²) < 4.78 is 26.5. The summed E-state index contributed by atoms with van der Waals surface area (Å²) in [6.07, 6.45) is 0.219. The lowest BCUT2D eigenvalue weighted by Crippen LogP contribution is -2.39. The van der Waals surface area contributed by atoms with E-state index in [9.17, 15) is 13.2 Å². The number of rotatable bonds is 5. The molecular weight excluding hydrogens is 290 g/mol. The fourth-order valence-electron chi connectivity index (χ4n) is 2.30. The lowest BCUT2D eigenvalue weighted by atomic mass is 9.94. The third-order valence-corrected chi connectivity index (χ3v) is 5.41. The van der Waals surface area contributed by atoms with Crippen molar-refractivity contribution >= 4 is 21.6 Å². The van der Waals surface area contributed by atoms with Crippen LogP contribution in [0.15, 0.2) is 23.1 Å². The molecule has 3 N–H and O–H groups in total. The van der Waals surface area contributed by atoms with Crippen LogP contribution < -0.4 is 11.1 Å². The van der Waals surface area contributed by atoms with Crippen molar-refractivity contribution in [3.63, 3.8) is 0 Å². The average Bonchev–Trinajstić information content (AvgIpc) is 2.77. The maximum absolute atomic E-state index is 12.6. The molecule has 7 heteroatoms. The third kappa shape index (κ3) is 3.25. The minimum Gasteiger partial charge on any atom is -0.330 e. The minimum atomic E-state index is -3.58. The van der Waals surface area contributed by atoms with E-state index in [4.69, 9.17) is 5.73 Å². The maximum atomic E-state index is 12.6. The topological polar surface area (TPSA) is 92.5 Å². The van der Waals surface area contributed by atoms with E-state index in [-0.39, 0.29) is 22.6 Å². The Hall–Kier alpha value is -1.44. The molecule has 0 fully saturated rings. The normalized spacial score (nSPS) is 15.2. The number of fused-ring (bicyclic) bond motifs is 1. The van der Waals surface area contributed by atoms with Crippen molar-refractivity contribution in [1.29, 1.82) is 0 Å². The number of nitrogens with zero attached hydrogens (tertiary/aromatic N) is 1. The summed E-state index contributed by atoms with van der Waals surface area (Å²) in [4.78, 5) is 11.5. The van der Waals surface area contributed by atoms with Crippen LogP contribution in [0.1, 0.15) is 19.4 Å². The molecule has 0 spiro atoms. The van der Waals surface area contributed by atoms with Gasteiger partial charge in [-0.25, -0.2) is 12.7 Å². The third-order valence-electron chi connectivity index (χ3n) is 3.61. The molecule has 0 aliphatic carbocycles. The molecule has 1 aromatic rings. The van der Waals surface area contributed by atoms with Gasteiger partial charge >= 0.3 is 0 Å². The van der Waals surface area contributed by atoms with Gasteiger partial charge < -0.3 is 11.1 Å². The monoisotopic (exact) mass is 311 g/mol. The van der Waals surface area contributed by atoms with Crippen LogP contribution >= 0.6 is 0 Å². The summed E-state index contributed by atoms with van der Waals surface area (Å²) in [7, 11) is -2.04. The van der Waals surface area contributed by atoms with Gasteiger partial charge in [-0.3, -0.25) is 4.79 Å². The van der Waals surface area contributed by atoms with E-state index >= 15 is 0 Å². The average molecular weight is 311 g/mol. The number of benzene rings is 1. The number of anilines is 1. The second-order valence-electron chi connectivity index (χ2n) is 6.17. The van der Waals surface area contributed by atoms with Crippen LogP contribution in [-0.2, 0) is 21.2 Å². The molecule has 116 valence electrons. The van der Waals surface area contributed by atoms with Crippen molar-refractivity contribution in [3.8, 4) is 0 Å². The molecule has 1 aromatic carbocycles. The van der Waals surface area contributed by atoms with Crippen LogP contribution in [0.4, 0.5) is 5.69 Å². The molecule has 0 radical (unpaired) electrons. The number of carbonyl (C=O) groups excluding carboxylic acids is 1. The van der Waals surface area contributed by atoms with E-state index in [0.29, 0.717) is 24.3 Å². The number of hydrogen-bond donors (Lipinski definition) is 2.